The summed E-state index contributed by atoms with van der Waals surface area (Å²) in [6.07, 6.45) is 0. The first-order chi connectivity index (χ1) is 9.31. The van der Waals surface area contributed by atoms with Crippen LogP contribution in [0.5, 0.6) is 0 Å². The van der Waals surface area contributed by atoms with Crippen LogP contribution in [0.1, 0.15) is 25.1 Å². The number of rotatable bonds is 5. The number of pyridine rings is 1. The molecular weight excluding hydrogens is 332 g/mol. The van der Waals surface area contributed by atoms with E-state index in [0.29, 0.717) is 18.4 Å². The van der Waals surface area contributed by atoms with E-state index in [9.17, 15) is 4.79 Å². The minimum atomic E-state index is -0.0481. The van der Waals surface area contributed by atoms with Crippen molar-refractivity contribution in [2.75, 3.05) is 32.1 Å². The Hall–Kier alpha value is -1.14. The van der Waals surface area contributed by atoms with Crippen LogP contribution in [0.3, 0.4) is 0 Å². The van der Waals surface area contributed by atoms with Gasteiger partial charge in [-0.05, 0) is 31.5 Å². The van der Waals surface area contributed by atoms with Gasteiger partial charge in [0.2, 0.25) is 0 Å². The van der Waals surface area contributed by atoms with Gasteiger partial charge in [-0.15, -0.1) is 17.0 Å². The fraction of sp³-hybridized carbons (Fsp3) is 0.600. The van der Waals surface area contributed by atoms with Crippen LogP contribution in [0.25, 0.3) is 0 Å². The van der Waals surface area contributed by atoms with Gasteiger partial charge in [0.15, 0.2) is 0 Å². The zero-order valence-corrected chi connectivity index (χ0v) is 15.5. The Kier molecular flexibility index (Phi) is 8.51. The molecule has 120 valence electrons. The number of nitrogens with one attached hydrogen (secondary N) is 1. The van der Waals surface area contributed by atoms with E-state index in [1.54, 1.807) is 23.9 Å². The summed E-state index contributed by atoms with van der Waals surface area (Å²) >= 11 is 0. The predicted octanol–water partition coefficient (Wildman–Crippen LogP) is 2.76. The Morgan fingerprint density at radius 1 is 1.29 bits per heavy atom. The minimum Gasteiger partial charge on any atom is -0.330 e. The third-order valence-corrected chi connectivity index (χ3v) is 2.86. The highest BCUT2D eigenvalue weighted by Gasteiger charge is 2.19. The topological polar surface area (TPSA) is 48.5 Å². The first-order valence-corrected chi connectivity index (χ1v) is 6.98. The van der Waals surface area contributed by atoms with Crippen LogP contribution >= 0.6 is 17.0 Å². The first kappa shape index (κ1) is 19.9. The van der Waals surface area contributed by atoms with Gasteiger partial charge in [0, 0.05) is 38.9 Å². The van der Waals surface area contributed by atoms with Gasteiger partial charge in [-0.3, -0.25) is 4.90 Å². The number of carbonyl (C=O) groups excluding carboxylic acids is 1. The maximum atomic E-state index is 12.3. The standard InChI is InChI=1S/C15H26N4O.BrH/c1-11(2)16-7-8-19(15(20)18(5)6)14-10-12(3)9-13(4)17-14;/h9-11,16H,7-8H2,1-6H3;1H. The molecule has 0 saturated heterocycles. The molecule has 0 atom stereocenters. The van der Waals surface area contributed by atoms with Crippen molar-refractivity contribution in [3.05, 3.63) is 23.4 Å². The lowest BCUT2D eigenvalue weighted by Gasteiger charge is -2.26. The van der Waals surface area contributed by atoms with Crippen LogP contribution in [-0.2, 0) is 0 Å². The molecule has 0 aliphatic rings. The van der Waals surface area contributed by atoms with E-state index in [2.05, 4.69) is 24.1 Å². The average Bonchev–Trinajstić information content (AvgIpc) is 2.32. The summed E-state index contributed by atoms with van der Waals surface area (Å²) in [5.74, 6) is 0.715. The van der Waals surface area contributed by atoms with E-state index in [1.165, 1.54) is 0 Å². The van der Waals surface area contributed by atoms with E-state index in [1.807, 2.05) is 26.0 Å². The van der Waals surface area contributed by atoms with E-state index in [0.717, 1.165) is 17.8 Å². The lowest BCUT2D eigenvalue weighted by atomic mass is 10.2. The molecule has 0 aliphatic heterocycles. The summed E-state index contributed by atoms with van der Waals surface area (Å²) in [7, 11) is 3.52. The predicted molar refractivity (Wildman–Crippen MR) is 93.6 cm³/mol. The van der Waals surface area contributed by atoms with Crippen molar-refractivity contribution in [2.45, 2.75) is 33.7 Å². The van der Waals surface area contributed by atoms with Crippen LogP contribution in [-0.4, -0.2) is 49.1 Å². The number of halogens is 1. The second-order valence-electron chi connectivity index (χ2n) is 5.58. The molecule has 1 rings (SSSR count). The number of aromatic nitrogens is 1. The monoisotopic (exact) mass is 358 g/mol. The Morgan fingerprint density at radius 2 is 1.90 bits per heavy atom. The maximum absolute atomic E-state index is 12.3. The van der Waals surface area contributed by atoms with Crippen molar-refractivity contribution >= 4 is 28.8 Å². The van der Waals surface area contributed by atoms with Crippen molar-refractivity contribution < 1.29 is 4.79 Å². The van der Waals surface area contributed by atoms with Crippen molar-refractivity contribution in [3.8, 4) is 0 Å². The molecule has 5 nitrogen and oxygen atoms in total. The third-order valence-electron chi connectivity index (χ3n) is 2.86. The van der Waals surface area contributed by atoms with Crippen LogP contribution < -0.4 is 10.2 Å². The largest absolute Gasteiger partial charge is 0.330 e. The highest BCUT2D eigenvalue weighted by molar-refractivity contribution is 8.93. The number of hydrogen-bond donors (Lipinski definition) is 1. The van der Waals surface area contributed by atoms with Crippen molar-refractivity contribution in [2.24, 2.45) is 0 Å². The molecule has 0 aliphatic carbocycles. The molecular formula is C15H27BrN4O. The third kappa shape index (κ3) is 6.44. The van der Waals surface area contributed by atoms with Gasteiger partial charge in [0.05, 0.1) is 0 Å². The molecule has 1 aromatic rings. The molecule has 0 spiro atoms. The molecule has 0 fully saturated rings. The summed E-state index contributed by atoms with van der Waals surface area (Å²) in [6, 6.07) is 4.31. The smallest absolute Gasteiger partial charge is 0.325 e. The molecule has 1 heterocycles. The highest BCUT2D eigenvalue weighted by Crippen LogP contribution is 2.15. The van der Waals surface area contributed by atoms with Crippen LogP contribution in [0, 0.1) is 13.8 Å². The Bertz CT molecular complexity index is 443. The van der Waals surface area contributed by atoms with Gasteiger partial charge in [0.1, 0.15) is 5.82 Å². The Balaban J connectivity index is 0.00000400. The van der Waals surface area contributed by atoms with Crippen LogP contribution in [0.2, 0.25) is 0 Å². The quantitative estimate of drug-likeness (QED) is 0.880. The van der Waals surface area contributed by atoms with Gasteiger partial charge in [-0.1, -0.05) is 13.8 Å². The zero-order chi connectivity index (χ0) is 15.3. The van der Waals surface area contributed by atoms with Crippen LogP contribution in [0.4, 0.5) is 10.6 Å². The van der Waals surface area contributed by atoms with Gasteiger partial charge < -0.3 is 10.2 Å². The molecule has 1 N–H and O–H groups in total. The summed E-state index contributed by atoms with van der Waals surface area (Å²) in [5.41, 5.74) is 2.04. The molecule has 21 heavy (non-hydrogen) atoms. The zero-order valence-electron chi connectivity index (χ0n) is 13.8. The number of urea groups is 1. The van der Waals surface area contributed by atoms with Gasteiger partial charge in [0.25, 0.3) is 0 Å². The fourth-order valence-corrected chi connectivity index (χ4v) is 1.97. The van der Waals surface area contributed by atoms with Gasteiger partial charge in [-0.25, -0.2) is 9.78 Å². The van der Waals surface area contributed by atoms with E-state index in [4.69, 9.17) is 0 Å². The van der Waals surface area contributed by atoms with E-state index < -0.39 is 0 Å². The normalized spacial score (nSPS) is 10.2. The van der Waals surface area contributed by atoms with Gasteiger partial charge >= 0.3 is 6.03 Å². The SMILES string of the molecule is Br.Cc1cc(C)nc(N(CCNC(C)C)C(=O)N(C)C)c1. The second-order valence-corrected chi connectivity index (χ2v) is 5.58. The molecule has 6 heteroatoms. The number of nitrogens with zero attached hydrogens (tertiary/aromatic N) is 3. The highest BCUT2D eigenvalue weighted by atomic mass is 79.9. The van der Waals surface area contributed by atoms with E-state index in [-0.39, 0.29) is 23.0 Å². The fourth-order valence-electron chi connectivity index (χ4n) is 1.97. The maximum Gasteiger partial charge on any atom is 0.325 e. The Morgan fingerprint density at radius 3 is 2.38 bits per heavy atom. The summed E-state index contributed by atoms with van der Waals surface area (Å²) in [4.78, 5) is 20.1. The van der Waals surface area contributed by atoms with E-state index >= 15 is 0 Å². The van der Waals surface area contributed by atoms with Crippen molar-refractivity contribution in [1.82, 2.24) is 15.2 Å². The van der Waals surface area contributed by atoms with Gasteiger partial charge in [-0.2, -0.15) is 0 Å². The lowest BCUT2D eigenvalue weighted by molar-refractivity contribution is 0.223. The molecule has 0 bridgehead atoms. The minimum absolute atomic E-state index is 0. The first-order valence-electron chi connectivity index (χ1n) is 6.98. The number of carbonyl (C=O) groups is 1. The summed E-state index contributed by atoms with van der Waals surface area (Å²) < 4.78 is 0. The lowest BCUT2D eigenvalue weighted by Crippen LogP contribution is -2.44. The second kappa shape index (κ2) is 9.00. The molecule has 0 unspecified atom stereocenters. The van der Waals surface area contributed by atoms with Crippen LogP contribution in [0.15, 0.2) is 12.1 Å². The Labute approximate surface area is 138 Å². The molecule has 0 aromatic carbocycles. The summed E-state index contributed by atoms with van der Waals surface area (Å²) in [5, 5.41) is 3.33. The number of hydrogen-bond acceptors (Lipinski definition) is 3. The molecule has 2 amide bonds. The molecule has 1 aromatic heterocycles. The number of aryl methyl sites for hydroxylation is 2. The average molecular weight is 359 g/mol. The van der Waals surface area contributed by atoms with Crippen molar-refractivity contribution in [3.63, 3.8) is 0 Å². The molecule has 0 radical (unpaired) electrons. The number of amides is 2. The van der Waals surface area contributed by atoms with Crippen molar-refractivity contribution in [1.29, 1.82) is 0 Å². The summed E-state index contributed by atoms with van der Waals surface area (Å²) in [6.45, 7) is 9.49. The molecule has 0 saturated carbocycles. The number of anilines is 1.